The molecular formula is C19H22N4OS2. The standard InChI is InChI=1S/C19H22N4OS2/c1-4-14-7-9-15(10-8-14)13(2)20-17(24)12-26-19-22-21-18(23(19)3)16-6-5-11-25-16/h5-11,13H,4,12H2,1-3H3,(H,20,24). The zero-order valence-electron chi connectivity index (χ0n) is 15.1. The van der Waals surface area contributed by atoms with E-state index in [9.17, 15) is 4.79 Å². The Kier molecular flexibility index (Phi) is 6.11. The lowest BCUT2D eigenvalue weighted by Gasteiger charge is -2.14. The SMILES string of the molecule is CCc1ccc(C(C)NC(=O)CSc2nnc(-c3cccs3)n2C)cc1. The van der Waals surface area contributed by atoms with Crippen molar-refractivity contribution in [1.29, 1.82) is 0 Å². The molecule has 26 heavy (non-hydrogen) atoms. The average Bonchev–Trinajstić information content (AvgIpc) is 3.29. The lowest BCUT2D eigenvalue weighted by Crippen LogP contribution is -2.28. The van der Waals surface area contributed by atoms with E-state index in [1.54, 1.807) is 11.3 Å². The summed E-state index contributed by atoms with van der Waals surface area (Å²) in [6, 6.07) is 12.4. The number of amides is 1. The number of hydrogen-bond donors (Lipinski definition) is 1. The minimum absolute atomic E-state index is 0.0114. The molecule has 3 aromatic rings. The van der Waals surface area contributed by atoms with Crippen LogP contribution in [0.15, 0.2) is 46.9 Å². The molecule has 0 radical (unpaired) electrons. The molecule has 2 aromatic heterocycles. The zero-order valence-corrected chi connectivity index (χ0v) is 16.7. The Morgan fingerprint density at radius 3 is 2.69 bits per heavy atom. The van der Waals surface area contributed by atoms with Gasteiger partial charge in [0.1, 0.15) is 0 Å². The van der Waals surface area contributed by atoms with Crippen LogP contribution in [0.1, 0.15) is 31.0 Å². The van der Waals surface area contributed by atoms with Crippen molar-refractivity contribution in [3.8, 4) is 10.7 Å². The Morgan fingerprint density at radius 1 is 1.27 bits per heavy atom. The van der Waals surface area contributed by atoms with Gasteiger partial charge in [-0.2, -0.15) is 0 Å². The molecule has 0 fully saturated rings. The van der Waals surface area contributed by atoms with Gasteiger partial charge in [-0.3, -0.25) is 4.79 Å². The normalized spacial score (nSPS) is 12.1. The van der Waals surface area contributed by atoms with Crippen LogP contribution >= 0.6 is 23.1 Å². The van der Waals surface area contributed by atoms with Crippen LogP contribution < -0.4 is 5.32 Å². The van der Waals surface area contributed by atoms with Crippen molar-refractivity contribution in [2.75, 3.05) is 5.75 Å². The second kappa shape index (κ2) is 8.51. The molecule has 1 N–H and O–H groups in total. The van der Waals surface area contributed by atoms with Crippen molar-refractivity contribution in [3.05, 3.63) is 52.9 Å². The highest BCUT2D eigenvalue weighted by Crippen LogP contribution is 2.26. The Labute approximate surface area is 161 Å². The molecule has 2 heterocycles. The lowest BCUT2D eigenvalue weighted by molar-refractivity contribution is -0.119. The van der Waals surface area contributed by atoms with Crippen LogP contribution in [0, 0.1) is 0 Å². The Hall–Kier alpha value is -2.12. The van der Waals surface area contributed by atoms with Gasteiger partial charge in [-0.1, -0.05) is 49.0 Å². The Balaban J connectivity index is 1.55. The third kappa shape index (κ3) is 4.34. The number of carbonyl (C=O) groups excluding carboxylic acids is 1. The summed E-state index contributed by atoms with van der Waals surface area (Å²) >= 11 is 3.02. The number of hydrogen-bond acceptors (Lipinski definition) is 5. The van der Waals surface area contributed by atoms with Gasteiger partial charge in [0, 0.05) is 7.05 Å². The van der Waals surface area contributed by atoms with Crippen LogP contribution in [-0.2, 0) is 18.3 Å². The summed E-state index contributed by atoms with van der Waals surface area (Å²) in [7, 11) is 1.92. The van der Waals surface area contributed by atoms with Crippen LogP contribution in [0.5, 0.6) is 0 Å². The van der Waals surface area contributed by atoms with E-state index in [-0.39, 0.29) is 11.9 Å². The van der Waals surface area contributed by atoms with E-state index in [2.05, 4.69) is 46.7 Å². The summed E-state index contributed by atoms with van der Waals surface area (Å²) in [5, 5.41) is 14.2. The van der Waals surface area contributed by atoms with Gasteiger partial charge in [-0.25, -0.2) is 0 Å². The molecule has 0 saturated heterocycles. The molecule has 0 aliphatic heterocycles. The van der Waals surface area contributed by atoms with E-state index < -0.39 is 0 Å². The molecule has 0 spiro atoms. The maximum Gasteiger partial charge on any atom is 0.230 e. The monoisotopic (exact) mass is 386 g/mol. The first kappa shape index (κ1) is 18.7. The molecule has 1 amide bonds. The quantitative estimate of drug-likeness (QED) is 0.622. The molecule has 3 rings (SSSR count). The highest BCUT2D eigenvalue weighted by atomic mass is 32.2. The number of nitrogens with zero attached hydrogens (tertiary/aromatic N) is 3. The third-order valence-electron chi connectivity index (χ3n) is 4.17. The molecule has 136 valence electrons. The molecule has 0 saturated carbocycles. The number of rotatable bonds is 7. The van der Waals surface area contributed by atoms with Gasteiger partial charge in [-0.15, -0.1) is 21.5 Å². The predicted molar refractivity (Wildman–Crippen MR) is 107 cm³/mol. The Bertz CT molecular complexity index is 856. The summed E-state index contributed by atoms with van der Waals surface area (Å²) in [4.78, 5) is 13.4. The number of nitrogens with one attached hydrogen (secondary N) is 1. The molecule has 1 atom stereocenters. The summed E-state index contributed by atoms with van der Waals surface area (Å²) < 4.78 is 1.93. The van der Waals surface area contributed by atoms with Gasteiger partial charge in [0.25, 0.3) is 0 Å². The maximum atomic E-state index is 12.3. The molecular weight excluding hydrogens is 364 g/mol. The van der Waals surface area contributed by atoms with E-state index in [0.29, 0.717) is 5.75 Å². The van der Waals surface area contributed by atoms with Gasteiger partial charge in [-0.05, 0) is 35.9 Å². The molecule has 0 aliphatic rings. The fourth-order valence-electron chi connectivity index (χ4n) is 2.60. The van der Waals surface area contributed by atoms with E-state index in [1.165, 1.54) is 17.3 Å². The topological polar surface area (TPSA) is 59.8 Å². The van der Waals surface area contributed by atoms with Gasteiger partial charge < -0.3 is 9.88 Å². The molecule has 0 aliphatic carbocycles. The number of aromatic nitrogens is 3. The summed E-state index contributed by atoms with van der Waals surface area (Å²) in [5.74, 6) is 1.13. The fourth-order valence-corrected chi connectivity index (χ4v) is 4.07. The van der Waals surface area contributed by atoms with Crippen molar-refractivity contribution < 1.29 is 4.79 Å². The molecule has 0 bridgehead atoms. The van der Waals surface area contributed by atoms with Crippen LogP contribution in [0.25, 0.3) is 10.7 Å². The van der Waals surface area contributed by atoms with E-state index in [1.807, 2.05) is 36.1 Å². The number of aryl methyl sites for hydroxylation is 1. The predicted octanol–water partition coefficient (Wildman–Crippen LogP) is 4.08. The van der Waals surface area contributed by atoms with Crippen LogP contribution in [-0.4, -0.2) is 26.4 Å². The molecule has 1 unspecified atom stereocenters. The van der Waals surface area contributed by atoms with Crippen molar-refractivity contribution in [3.63, 3.8) is 0 Å². The smallest absolute Gasteiger partial charge is 0.230 e. The minimum atomic E-state index is -0.0183. The first-order chi connectivity index (χ1) is 12.6. The first-order valence-corrected chi connectivity index (χ1v) is 10.4. The molecule has 1 aromatic carbocycles. The van der Waals surface area contributed by atoms with Crippen molar-refractivity contribution in [1.82, 2.24) is 20.1 Å². The van der Waals surface area contributed by atoms with Crippen LogP contribution in [0.2, 0.25) is 0 Å². The lowest BCUT2D eigenvalue weighted by atomic mass is 10.1. The largest absolute Gasteiger partial charge is 0.349 e. The number of carbonyl (C=O) groups is 1. The highest BCUT2D eigenvalue weighted by molar-refractivity contribution is 7.99. The Morgan fingerprint density at radius 2 is 2.04 bits per heavy atom. The molecule has 5 nitrogen and oxygen atoms in total. The summed E-state index contributed by atoms with van der Waals surface area (Å²) in [6.45, 7) is 4.13. The average molecular weight is 387 g/mol. The third-order valence-corrected chi connectivity index (χ3v) is 6.06. The van der Waals surface area contributed by atoms with E-state index >= 15 is 0 Å². The first-order valence-electron chi connectivity index (χ1n) is 8.52. The highest BCUT2D eigenvalue weighted by Gasteiger charge is 2.15. The van der Waals surface area contributed by atoms with E-state index in [0.717, 1.165) is 27.8 Å². The summed E-state index contributed by atoms with van der Waals surface area (Å²) in [6.07, 6.45) is 1.02. The number of thioether (sulfide) groups is 1. The maximum absolute atomic E-state index is 12.3. The zero-order chi connectivity index (χ0) is 18.5. The number of benzene rings is 1. The van der Waals surface area contributed by atoms with Gasteiger partial charge in [0.15, 0.2) is 11.0 Å². The van der Waals surface area contributed by atoms with Gasteiger partial charge >= 0.3 is 0 Å². The van der Waals surface area contributed by atoms with Crippen molar-refractivity contribution in [2.45, 2.75) is 31.5 Å². The van der Waals surface area contributed by atoms with Crippen molar-refractivity contribution in [2.24, 2.45) is 7.05 Å². The van der Waals surface area contributed by atoms with Gasteiger partial charge in [0.05, 0.1) is 16.7 Å². The minimum Gasteiger partial charge on any atom is -0.349 e. The second-order valence-corrected chi connectivity index (χ2v) is 7.91. The van der Waals surface area contributed by atoms with Gasteiger partial charge in [0.2, 0.25) is 5.91 Å². The second-order valence-electron chi connectivity index (χ2n) is 6.02. The van der Waals surface area contributed by atoms with E-state index in [4.69, 9.17) is 0 Å². The fraction of sp³-hybridized carbons (Fsp3) is 0.316. The van der Waals surface area contributed by atoms with Crippen LogP contribution in [0.3, 0.4) is 0 Å². The molecule has 7 heteroatoms. The summed E-state index contributed by atoms with van der Waals surface area (Å²) in [5.41, 5.74) is 2.41. The number of thiophene rings is 1. The van der Waals surface area contributed by atoms with Crippen LogP contribution in [0.4, 0.5) is 0 Å². The van der Waals surface area contributed by atoms with Crippen molar-refractivity contribution >= 4 is 29.0 Å².